The molecular formula is C10H15NO3S. The third-order valence-electron chi connectivity index (χ3n) is 2.43. The van der Waals surface area contributed by atoms with E-state index >= 15 is 0 Å². The van der Waals surface area contributed by atoms with Gasteiger partial charge in [-0.1, -0.05) is 19.2 Å². The highest BCUT2D eigenvalue weighted by molar-refractivity contribution is 7.91. The molecule has 0 aliphatic carbocycles. The molecule has 1 rings (SSSR count). The van der Waals surface area contributed by atoms with Gasteiger partial charge in [0.15, 0.2) is 0 Å². The van der Waals surface area contributed by atoms with Crippen LogP contribution in [0.2, 0.25) is 0 Å². The lowest BCUT2D eigenvalue weighted by Gasteiger charge is -2.22. The second-order valence-electron chi connectivity index (χ2n) is 3.63. The number of carbonyl (C=O) groups is 1. The molecule has 84 valence electrons. The molecule has 0 radical (unpaired) electrons. The third-order valence-corrected chi connectivity index (χ3v) is 4.14. The molecule has 5 heteroatoms. The number of carbonyl (C=O) groups excluding carboxylic acids is 1. The summed E-state index contributed by atoms with van der Waals surface area (Å²) in [5, 5.41) is 2.73. The van der Waals surface area contributed by atoms with Crippen LogP contribution in [0.5, 0.6) is 0 Å². The van der Waals surface area contributed by atoms with Gasteiger partial charge in [-0.3, -0.25) is 4.79 Å². The lowest BCUT2D eigenvalue weighted by Crippen LogP contribution is -2.41. The molecule has 1 saturated heterocycles. The Labute approximate surface area is 90.0 Å². The largest absolute Gasteiger partial charge is 0.349 e. The second-order valence-corrected chi connectivity index (χ2v) is 5.93. The van der Waals surface area contributed by atoms with Gasteiger partial charge in [-0.05, 0) is 12.8 Å². The van der Waals surface area contributed by atoms with E-state index in [-0.39, 0.29) is 23.5 Å². The highest BCUT2D eigenvalue weighted by atomic mass is 32.2. The van der Waals surface area contributed by atoms with Crippen LogP contribution >= 0.6 is 0 Å². The molecule has 0 saturated carbocycles. The predicted molar refractivity (Wildman–Crippen MR) is 59.2 cm³/mol. The van der Waals surface area contributed by atoms with Crippen molar-refractivity contribution in [3.63, 3.8) is 0 Å². The number of hydrogen-bond donors (Lipinski definition) is 1. The van der Waals surface area contributed by atoms with E-state index in [4.69, 9.17) is 0 Å². The third kappa shape index (κ3) is 3.51. The highest BCUT2D eigenvalue weighted by Crippen LogP contribution is 2.12. The fourth-order valence-corrected chi connectivity index (χ4v) is 2.90. The molecule has 0 bridgehead atoms. The van der Waals surface area contributed by atoms with Crippen molar-refractivity contribution in [2.24, 2.45) is 0 Å². The van der Waals surface area contributed by atoms with Gasteiger partial charge < -0.3 is 5.32 Å². The van der Waals surface area contributed by atoms with Crippen LogP contribution in [0.4, 0.5) is 0 Å². The second kappa shape index (κ2) is 4.61. The fourth-order valence-electron chi connectivity index (χ4n) is 1.41. The molecule has 1 fully saturated rings. The number of amides is 1. The molecule has 0 atom stereocenters. The number of sulfone groups is 1. The quantitative estimate of drug-likeness (QED) is 0.563. The first kappa shape index (κ1) is 12.0. The number of hydrogen-bond acceptors (Lipinski definition) is 3. The van der Waals surface area contributed by atoms with E-state index in [9.17, 15) is 13.2 Å². The zero-order valence-corrected chi connectivity index (χ0v) is 9.35. The van der Waals surface area contributed by atoms with Gasteiger partial charge in [-0.2, -0.15) is 0 Å². The summed E-state index contributed by atoms with van der Waals surface area (Å²) in [5.41, 5.74) is 0.309. The summed E-state index contributed by atoms with van der Waals surface area (Å²) in [7, 11) is -2.87. The van der Waals surface area contributed by atoms with Crippen LogP contribution in [0.25, 0.3) is 0 Å². The normalized spacial score (nSPS) is 20.5. The van der Waals surface area contributed by atoms with Crippen molar-refractivity contribution in [3.8, 4) is 0 Å². The van der Waals surface area contributed by atoms with Crippen molar-refractivity contribution in [1.82, 2.24) is 5.32 Å². The van der Waals surface area contributed by atoms with Gasteiger partial charge in [0, 0.05) is 11.6 Å². The van der Waals surface area contributed by atoms with E-state index in [1.165, 1.54) is 6.08 Å². The van der Waals surface area contributed by atoms with E-state index in [2.05, 4.69) is 18.5 Å². The van der Waals surface area contributed by atoms with Crippen LogP contribution in [0.15, 0.2) is 24.8 Å². The Bertz CT molecular complexity index is 369. The first-order valence-electron chi connectivity index (χ1n) is 4.77. The van der Waals surface area contributed by atoms with Crippen molar-refractivity contribution in [3.05, 3.63) is 24.8 Å². The van der Waals surface area contributed by atoms with Gasteiger partial charge in [-0.15, -0.1) is 0 Å². The standard InChI is InChI=1S/C10H15NO3S/c1-3-8(2)10(12)11-9-4-6-15(13,14)7-5-9/h3,9H,1-2,4-7H2,(H,11,12). The minimum Gasteiger partial charge on any atom is -0.349 e. The summed E-state index contributed by atoms with van der Waals surface area (Å²) < 4.78 is 22.3. The molecule has 15 heavy (non-hydrogen) atoms. The lowest BCUT2D eigenvalue weighted by molar-refractivity contribution is -0.117. The summed E-state index contributed by atoms with van der Waals surface area (Å²) in [4.78, 5) is 11.4. The minimum atomic E-state index is -2.87. The molecular weight excluding hydrogens is 214 g/mol. The number of rotatable bonds is 3. The fraction of sp³-hybridized carbons (Fsp3) is 0.500. The van der Waals surface area contributed by atoms with Crippen molar-refractivity contribution in [1.29, 1.82) is 0 Å². The average molecular weight is 229 g/mol. The van der Waals surface area contributed by atoms with Gasteiger partial charge in [0.25, 0.3) is 5.91 Å². The Hall–Kier alpha value is -1.10. The molecule has 1 amide bonds. The van der Waals surface area contributed by atoms with Gasteiger partial charge in [0.1, 0.15) is 9.84 Å². The summed E-state index contributed by atoms with van der Waals surface area (Å²) in [5.74, 6) is 0.0334. The Morgan fingerprint density at radius 1 is 1.33 bits per heavy atom. The van der Waals surface area contributed by atoms with Gasteiger partial charge >= 0.3 is 0 Å². The summed E-state index contributed by atoms with van der Waals surface area (Å²) in [6, 6.07) is -0.0577. The monoisotopic (exact) mass is 229 g/mol. The molecule has 0 unspecified atom stereocenters. The summed E-state index contributed by atoms with van der Waals surface area (Å²) in [6.45, 7) is 6.96. The maximum absolute atomic E-state index is 11.4. The van der Waals surface area contributed by atoms with Crippen LogP contribution < -0.4 is 5.32 Å². The molecule has 1 aliphatic heterocycles. The zero-order valence-electron chi connectivity index (χ0n) is 8.53. The minimum absolute atomic E-state index is 0.0577. The van der Waals surface area contributed by atoms with Gasteiger partial charge in [-0.25, -0.2) is 8.42 Å². The van der Waals surface area contributed by atoms with Gasteiger partial charge in [0.05, 0.1) is 11.5 Å². The van der Waals surface area contributed by atoms with Crippen LogP contribution in [0.3, 0.4) is 0 Å². The Kier molecular flexibility index (Phi) is 3.68. The first-order valence-corrected chi connectivity index (χ1v) is 6.59. The topological polar surface area (TPSA) is 63.2 Å². The van der Waals surface area contributed by atoms with E-state index < -0.39 is 9.84 Å². The van der Waals surface area contributed by atoms with Crippen LogP contribution in [0, 0.1) is 0 Å². The van der Waals surface area contributed by atoms with E-state index in [1.807, 2.05) is 0 Å². The molecule has 0 aromatic heterocycles. The zero-order chi connectivity index (χ0) is 11.5. The highest BCUT2D eigenvalue weighted by Gasteiger charge is 2.24. The molecule has 0 spiro atoms. The molecule has 4 nitrogen and oxygen atoms in total. The smallest absolute Gasteiger partial charge is 0.250 e. The van der Waals surface area contributed by atoms with E-state index in [0.29, 0.717) is 18.4 Å². The van der Waals surface area contributed by atoms with E-state index in [1.54, 1.807) is 0 Å². The average Bonchev–Trinajstić information content (AvgIpc) is 2.20. The summed E-state index contributed by atoms with van der Waals surface area (Å²) in [6.07, 6.45) is 2.35. The van der Waals surface area contributed by atoms with E-state index in [0.717, 1.165) is 0 Å². The summed E-state index contributed by atoms with van der Waals surface area (Å²) >= 11 is 0. The molecule has 1 heterocycles. The lowest BCUT2D eigenvalue weighted by atomic mass is 10.1. The van der Waals surface area contributed by atoms with Crippen LogP contribution in [-0.2, 0) is 14.6 Å². The Morgan fingerprint density at radius 3 is 2.33 bits per heavy atom. The first-order chi connectivity index (χ1) is 6.94. The maximum Gasteiger partial charge on any atom is 0.250 e. The molecule has 0 aromatic rings. The van der Waals surface area contributed by atoms with Crippen molar-refractivity contribution >= 4 is 15.7 Å². The molecule has 1 N–H and O–H groups in total. The predicted octanol–water partition coefficient (Wildman–Crippen LogP) is 0.422. The maximum atomic E-state index is 11.4. The SMILES string of the molecule is C=CC(=C)C(=O)NC1CCS(=O)(=O)CC1. The van der Waals surface area contributed by atoms with Crippen LogP contribution in [0.1, 0.15) is 12.8 Å². The molecule has 0 aromatic carbocycles. The van der Waals surface area contributed by atoms with Crippen LogP contribution in [-0.4, -0.2) is 31.9 Å². The van der Waals surface area contributed by atoms with Crippen molar-refractivity contribution < 1.29 is 13.2 Å². The number of nitrogens with one attached hydrogen (secondary N) is 1. The molecule has 1 aliphatic rings. The van der Waals surface area contributed by atoms with Crippen molar-refractivity contribution in [2.45, 2.75) is 18.9 Å². The van der Waals surface area contributed by atoms with Crippen molar-refractivity contribution in [2.75, 3.05) is 11.5 Å². The Morgan fingerprint density at radius 2 is 1.87 bits per heavy atom. The Balaban J connectivity index is 2.46. The van der Waals surface area contributed by atoms with Gasteiger partial charge in [0.2, 0.25) is 0 Å².